The van der Waals surface area contributed by atoms with Gasteiger partial charge in [0.05, 0.1) is 13.2 Å². The van der Waals surface area contributed by atoms with Gasteiger partial charge < -0.3 is 20.7 Å². The van der Waals surface area contributed by atoms with Gasteiger partial charge in [0.15, 0.2) is 5.96 Å². The lowest BCUT2D eigenvalue weighted by molar-refractivity contribution is -0.116. The number of amides is 1. The normalized spacial score (nSPS) is 11.0. The molecule has 1 amide bonds. The Labute approximate surface area is 144 Å². The first kappa shape index (κ1) is 19.7. The zero-order valence-electron chi connectivity index (χ0n) is 14.6. The summed E-state index contributed by atoms with van der Waals surface area (Å²) in [4.78, 5) is 16.2. The highest BCUT2D eigenvalue weighted by Crippen LogP contribution is 2.12. The van der Waals surface area contributed by atoms with Crippen molar-refractivity contribution in [2.24, 2.45) is 4.99 Å². The first-order chi connectivity index (χ1) is 11.7. The molecule has 1 aromatic rings. The molecule has 0 aliphatic rings. The number of hydrogen-bond donors (Lipinski definition) is 3. The largest absolute Gasteiger partial charge is 0.383 e. The van der Waals surface area contributed by atoms with E-state index < -0.39 is 0 Å². The van der Waals surface area contributed by atoms with Gasteiger partial charge in [-0.1, -0.05) is 25.1 Å². The van der Waals surface area contributed by atoms with Crippen LogP contribution >= 0.6 is 0 Å². The molecule has 1 rings (SSSR count). The Kier molecular flexibility index (Phi) is 9.96. The van der Waals surface area contributed by atoms with Crippen LogP contribution in [0.4, 0.5) is 5.69 Å². The molecule has 0 unspecified atom stereocenters. The third-order valence-electron chi connectivity index (χ3n) is 3.12. The smallest absolute Gasteiger partial charge is 0.224 e. The zero-order chi connectivity index (χ0) is 17.6. The molecule has 0 atom stereocenters. The van der Waals surface area contributed by atoms with E-state index in [0.29, 0.717) is 38.6 Å². The third-order valence-corrected chi connectivity index (χ3v) is 3.12. The lowest BCUT2D eigenvalue weighted by Gasteiger charge is -2.11. The lowest BCUT2D eigenvalue weighted by Crippen LogP contribution is -2.39. The van der Waals surface area contributed by atoms with Crippen LogP contribution in [0, 0.1) is 0 Å². The van der Waals surface area contributed by atoms with Crippen molar-refractivity contribution in [3.63, 3.8) is 0 Å². The van der Waals surface area contributed by atoms with Gasteiger partial charge in [-0.15, -0.1) is 6.58 Å². The fourth-order valence-corrected chi connectivity index (χ4v) is 1.98. The second-order valence-corrected chi connectivity index (χ2v) is 5.25. The average molecular weight is 332 g/mol. The first-order valence-corrected chi connectivity index (χ1v) is 8.20. The molecule has 1 aromatic carbocycles. The summed E-state index contributed by atoms with van der Waals surface area (Å²) in [6.07, 6.45) is 3.14. The maximum atomic E-state index is 11.7. The maximum Gasteiger partial charge on any atom is 0.224 e. The minimum Gasteiger partial charge on any atom is -0.383 e. The molecule has 0 heterocycles. The summed E-state index contributed by atoms with van der Waals surface area (Å²) in [5, 5.41) is 9.24. The number of carbonyl (C=O) groups excluding carboxylic acids is 1. The van der Waals surface area contributed by atoms with Gasteiger partial charge in [-0.05, 0) is 24.1 Å². The van der Waals surface area contributed by atoms with Crippen LogP contribution in [0.25, 0.3) is 0 Å². The number of hydrogen-bond acceptors (Lipinski definition) is 3. The van der Waals surface area contributed by atoms with Gasteiger partial charge in [0.1, 0.15) is 0 Å². The quantitative estimate of drug-likeness (QED) is 0.266. The standard InChI is InChI=1S/C18H28N4O2/c1-4-7-17(23)22-16-9-6-8-15(13-16)14-21-18(19-10-5-2)20-11-12-24-3/h5-6,8-9,13H,2,4,7,10-12,14H2,1,3H3,(H,22,23)(H2,19,20,21). The summed E-state index contributed by atoms with van der Waals surface area (Å²) in [5.74, 6) is 0.736. The number of nitrogens with zero attached hydrogens (tertiary/aromatic N) is 1. The van der Waals surface area contributed by atoms with Crippen molar-refractivity contribution in [3.05, 3.63) is 42.5 Å². The number of benzene rings is 1. The summed E-state index contributed by atoms with van der Waals surface area (Å²) in [5.41, 5.74) is 1.82. The van der Waals surface area contributed by atoms with Crippen molar-refractivity contribution >= 4 is 17.6 Å². The summed E-state index contributed by atoms with van der Waals surface area (Å²) < 4.78 is 5.03. The van der Waals surface area contributed by atoms with Gasteiger partial charge >= 0.3 is 0 Å². The summed E-state index contributed by atoms with van der Waals surface area (Å²) in [7, 11) is 1.66. The van der Waals surface area contributed by atoms with Crippen LogP contribution in [0.2, 0.25) is 0 Å². The highest BCUT2D eigenvalue weighted by atomic mass is 16.5. The highest BCUT2D eigenvalue weighted by molar-refractivity contribution is 5.90. The van der Waals surface area contributed by atoms with Crippen LogP contribution in [0.3, 0.4) is 0 Å². The number of guanidine groups is 1. The number of ether oxygens (including phenoxy) is 1. The lowest BCUT2D eigenvalue weighted by atomic mass is 10.2. The van der Waals surface area contributed by atoms with E-state index in [0.717, 1.165) is 17.7 Å². The first-order valence-electron chi connectivity index (χ1n) is 8.20. The molecule has 0 aromatic heterocycles. The predicted octanol–water partition coefficient (Wildman–Crippen LogP) is 2.29. The number of aliphatic imine (C=N–C) groups is 1. The Balaban J connectivity index is 2.66. The number of nitrogens with one attached hydrogen (secondary N) is 3. The molecule has 24 heavy (non-hydrogen) atoms. The Morgan fingerprint density at radius 3 is 2.92 bits per heavy atom. The topological polar surface area (TPSA) is 74.8 Å². The van der Waals surface area contributed by atoms with Crippen LogP contribution in [0.5, 0.6) is 0 Å². The van der Waals surface area contributed by atoms with Gasteiger partial charge in [0, 0.05) is 32.3 Å². The van der Waals surface area contributed by atoms with Gasteiger partial charge in [-0.25, -0.2) is 4.99 Å². The molecular weight excluding hydrogens is 304 g/mol. The van der Waals surface area contributed by atoms with E-state index in [9.17, 15) is 4.79 Å². The van der Waals surface area contributed by atoms with Crippen LogP contribution in [-0.2, 0) is 16.1 Å². The monoisotopic (exact) mass is 332 g/mol. The number of rotatable bonds is 10. The molecule has 0 saturated heterocycles. The molecule has 0 aliphatic carbocycles. The minimum absolute atomic E-state index is 0.0349. The van der Waals surface area contributed by atoms with Crippen LogP contribution in [0.15, 0.2) is 41.9 Å². The van der Waals surface area contributed by atoms with Gasteiger partial charge in [0.25, 0.3) is 0 Å². The molecule has 0 saturated carbocycles. The molecule has 0 fully saturated rings. The summed E-state index contributed by atoms with van der Waals surface area (Å²) in [6.45, 7) is 8.10. The Hall–Kier alpha value is -2.34. The number of carbonyl (C=O) groups is 1. The molecule has 3 N–H and O–H groups in total. The molecule has 0 aliphatic heterocycles. The molecule has 6 nitrogen and oxygen atoms in total. The van der Waals surface area contributed by atoms with Crippen molar-refractivity contribution in [2.75, 3.05) is 32.1 Å². The van der Waals surface area contributed by atoms with E-state index >= 15 is 0 Å². The van der Waals surface area contributed by atoms with E-state index in [-0.39, 0.29) is 5.91 Å². The Bertz CT molecular complexity index is 544. The molecule has 6 heteroatoms. The van der Waals surface area contributed by atoms with Gasteiger partial charge in [-0.2, -0.15) is 0 Å². The van der Waals surface area contributed by atoms with E-state index in [2.05, 4.69) is 27.5 Å². The fraction of sp³-hybridized carbons (Fsp3) is 0.444. The van der Waals surface area contributed by atoms with Gasteiger partial charge in [-0.3, -0.25) is 4.79 Å². The van der Waals surface area contributed by atoms with E-state index in [4.69, 9.17) is 4.74 Å². The van der Waals surface area contributed by atoms with Crippen LogP contribution in [-0.4, -0.2) is 38.7 Å². The third kappa shape index (κ3) is 8.33. The fourth-order valence-electron chi connectivity index (χ4n) is 1.98. The van der Waals surface area contributed by atoms with Crippen molar-refractivity contribution in [2.45, 2.75) is 26.3 Å². The van der Waals surface area contributed by atoms with Crippen molar-refractivity contribution < 1.29 is 9.53 Å². The van der Waals surface area contributed by atoms with Gasteiger partial charge in [0.2, 0.25) is 5.91 Å². The number of anilines is 1. The second kappa shape index (κ2) is 12.1. The SMILES string of the molecule is C=CCNC(=NCc1cccc(NC(=O)CCC)c1)NCCOC. The molecule has 0 radical (unpaired) electrons. The molecule has 132 valence electrons. The van der Waals surface area contributed by atoms with Crippen LogP contribution < -0.4 is 16.0 Å². The Morgan fingerprint density at radius 2 is 2.21 bits per heavy atom. The molecular formula is C18H28N4O2. The van der Waals surface area contributed by atoms with E-state index in [1.54, 1.807) is 13.2 Å². The number of methoxy groups -OCH3 is 1. The second-order valence-electron chi connectivity index (χ2n) is 5.25. The minimum atomic E-state index is 0.0349. The molecule has 0 spiro atoms. The summed E-state index contributed by atoms with van der Waals surface area (Å²) in [6, 6.07) is 7.73. The van der Waals surface area contributed by atoms with Crippen molar-refractivity contribution in [1.29, 1.82) is 0 Å². The van der Waals surface area contributed by atoms with Crippen molar-refractivity contribution in [1.82, 2.24) is 10.6 Å². The van der Waals surface area contributed by atoms with E-state index in [1.807, 2.05) is 31.2 Å². The zero-order valence-corrected chi connectivity index (χ0v) is 14.6. The Morgan fingerprint density at radius 1 is 1.38 bits per heavy atom. The maximum absolute atomic E-state index is 11.7. The summed E-state index contributed by atoms with van der Waals surface area (Å²) >= 11 is 0. The van der Waals surface area contributed by atoms with Crippen molar-refractivity contribution in [3.8, 4) is 0 Å². The average Bonchev–Trinajstić information content (AvgIpc) is 2.57. The predicted molar refractivity (Wildman–Crippen MR) is 99.2 cm³/mol. The highest BCUT2D eigenvalue weighted by Gasteiger charge is 2.02. The molecule has 0 bridgehead atoms. The van der Waals surface area contributed by atoms with E-state index in [1.165, 1.54) is 0 Å². The van der Waals surface area contributed by atoms with Crippen LogP contribution in [0.1, 0.15) is 25.3 Å².